The van der Waals surface area contributed by atoms with Gasteiger partial charge in [0.25, 0.3) is 0 Å². The Balaban J connectivity index is 1.96. The fraction of sp³-hybridized carbons (Fsp3) is 0.467. The Labute approximate surface area is 118 Å². The number of methoxy groups -OCH3 is 1. The minimum absolute atomic E-state index is 0.121. The first-order valence-corrected chi connectivity index (χ1v) is 6.74. The van der Waals surface area contributed by atoms with Gasteiger partial charge in [0.05, 0.1) is 13.7 Å². The van der Waals surface area contributed by atoms with Gasteiger partial charge in [0.15, 0.2) is 0 Å². The summed E-state index contributed by atoms with van der Waals surface area (Å²) in [4.78, 5) is 22.7. The summed E-state index contributed by atoms with van der Waals surface area (Å²) in [6.07, 6.45) is 3.33. The van der Waals surface area contributed by atoms with Crippen LogP contribution in [0.25, 0.3) is 0 Å². The predicted octanol–water partition coefficient (Wildman–Crippen LogP) is 1.93. The molecule has 1 aliphatic carbocycles. The summed E-state index contributed by atoms with van der Waals surface area (Å²) in [5.41, 5.74) is 5.60. The molecule has 2 N–H and O–H groups in total. The third-order valence-corrected chi connectivity index (χ3v) is 3.57. The molecule has 0 saturated heterocycles. The van der Waals surface area contributed by atoms with Crippen molar-refractivity contribution < 1.29 is 19.1 Å². The highest BCUT2D eigenvalue weighted by Crippen LogP contribution is 2.26. The largest absolute Gasteiger partial charge is 0.497 e. The number of ether oxygens (including phenoxy) is 2. The zero-order chi connectivity index (χ0) is 14.5. The van der Waals surface area contributed by atoms with Crippen molar-refractivity contribution in [3.63, 3.8) is 0 Å². The lowest BCUT2D eigenvalue weighted by molar-refractivity contribution is -0.121. The molecule has 1 aliphatic rings. The van der Waals surface area contributed by atoms with Gasteiger partial charge in [0.1, 0.15) is 17.3 Å². The molecule has 1 fully saturated rings. The lowest BCUT2D eigenvalue weighted by Gasteiger charge is -2.11. The van der Waals surface area contributed by atoms with Gasteiger partial charge in [-0.1, -0.05) is 0 Å². The average molecular weight is 277 g/mol. The Morgan fingerprint density at radius 3 is 2.70 bits per heavy atom. The zero-order valence-electron chi connectivity index (χ0n) is 11.6. The number of benzene rings is 1. The second kappa shape index (κ2) is 6.41. The van der Waals surface area contributed by atoms with Gasteiger partial charge in [0.2, 0.25) is 5.91 Å². The van der Waals surface area contributed by atoms with Gasteiger partial charge in [-0.05, 0) is 31.4 Å². The molecule has 5 heteroatoms. The molecule has 108 valence electrons. The van der Waals surface area contributed by atoms with Crippen LogP contribution in [0.15, 0.2) is 18.2 Å². The Bertz CT molecular complexity index is 513. The van der Waals surface area contributed by atoms with Crippen molar-refractivity contribution in [1.29, 1.82) is 0 Å². The van der Waals surface area contributed by atoms with E-state index in [4.69, 9.17) is 15.2 Å². The standard InChI is InChI=1S/C15H19NO4/c1-19-12-7-11(15(16)18)8-13(9-12)20-6-5-10-3-2-4-14(10)17/h7-10H,2-6H2,1H3,(H2,16,18). The average Bonchev–Trinajstić information content (AvgIpc) is 2.84. The van der Waals surface area contributed by atoms with Crippen molar-refractivity contribution >= 4 is 11.7 Å². The molecular formula is C15H19NO4. The van der Waals surface area contributed by atoms with Crippen LogP contribution in [0.4, 0.5) is 0 Å². The number of carbonyl (C=O) groups is 2. The third kappa shape index (κ3) is 3.50. The van der Waals surface area contributed by atoms with Crippen LogP contribution in [-0.4, -0.2) is 25.4 Å². The van der Waals surface area contributed by atoms with E-state index >= 15 is 0 Å². The second-order valence-corrected chi connectivity index (χ2v) is 4.95. The van der Waals surface area contributed by atoms with Crippen LogP contribution in [0.2, 0.25) is 0 Å². The summed E-state index contributed by atoms with van der Waals surface area (Å²) in [5.74, 6) is 0.977. The molecule has 5 nitrogen and oxygen atoms in total. The van der Waals surface area contributed by atoms with Crippen LogP contribution < -0.4 is 15.2 Å². The Morgan fingerprint density at radius 1 is 1.35 bits per heavy atom. The highest BCUT2D eigenvalue weighted by Gasteiger charge is 2.23. The van der Waals surface area contributed by atoms with Crippen LogP contribution in [0.5, 0.6) is 11.5 Å². The van der Waals surface area contributed by atoms with Crippen LogP contribution in [0.1, 0.15) is 36.0 Å². The molecule has 1 unspecified atom stereocenters. The molecule has 0 heterocycles. The number of primary amides is 1. The Kier molecular flexibility index (Phi) is 4.61. The number of hydrogen-bond acceptors (Lipinski definition) is 4. The van der Waals surface area contributed by atoms with Crippen LogP contribution in [0.3, 0.4) is 0 Å². The normalized spacial score (nSPS) is 18.1. The molecule has 1 saturated carbocycles. The van der Waals surface area contributed by atoms with Crippen molar-refractivity contribution in [3.8, 4) is 11.5 Å². The smallest absolute Gasteiger partial charge is 0.248 e. The zero-order valence-corrected chi connectivity index (χ0v) is 11.6. The molecular weight excluding hydrogens is 258 g/mol. The molecule has 0 radical (unpaired) electrons. The molecule has 0 aromatic heterocycles. The topological polar surface area (TPSA) is 78.6 Å². The second-order valence-electron chi connectivity index (χ2n) is 4.95. The van der Waals surface area contributed by atoms with Crippen molar-refractivity contribution in [1.82, 2.24) is 0 Å². The number of Topliss-reactive ketones (excluding diaryl/α,β-unsaturated/α-hetero) is 1. The summed E-state index contributed by atoms with van der Waals surface area (Å²) in [6, 6.07) is 4.85. The number of amides is 1. The number of rotatable bonds is 6. The maximum absolute atomic E-state index is 11.5. The van der Waals surface area contributed by atoms with E-state index in [0.717, 1.165) is 12.8 Å². The monoisotopic (exact) mass is 277 g/mol. The fourth-order valence-corrected chi connectivity index (χ4v) is 2.43. The van der Waals surface area contributed by atoms with Crippen LogP contribution in [0, 0.1) is 5.92 Å². The van der Waals surface area contributed by atoms with Gasteiger partial charge in [0, 0.05) is 24.0 Å². The van der Waals surface area contributed by atoms with Crippen LogP contribution in [-0.2, 0) is 4.79 Å². The predicted molar refractivity (Wildman–Crippen MR) is 74.0 cm³/mol. The van der Waals surface area contributed by atoms with E-state index < -0.39 is 5.91 Å². The lowest BCUT2D eigenvalue weighted by Crippen LogP contribution is -2.13. The van der Waals surface area contributed by atoms with E-state index in [1.54, 1.807) is 18.2 Å². The van der Waals surface area contributed by atoms with Crippen molar-refractivity contribution in [2.45, 2.75) is 25.7 Å². The number of carbonyl (C=O) groups excluding carboxylic acids is 2. The summed E-state index contributed by atoms with van der Waals surface area (Å²) in [5, 5.41) is 0. The minimum atomic E-state index is -0.528. The van der Waals surface area contributed by atoms with Gasteiger partial charge >= 0.3 is 0 Å². The Hall–Kier alpha value is -2.04. The van der Waals surface area contributed by atoms with E-state index in [1.807, 2.05) is 0 Å². The molecule has 20 heavy (non-hydrogen) atoms. The molecule has 1 atom stereocenters. The fourth-order valence-electron chi connectivity index (χ4n) is 2.43. The number of ketones is 1. The first-order valence-electron chi connectivity index (χ1n) is 6.74. The van der Waals surface area contributed by atoms with Gasteiger partial charge in [-0.25, -0.2) is 0 Å². The minimum Gasteiger partial charge on any atom is -0.497 e. The van der Waals surface area contributed by atoms with Crippen molar-refractivity contribution in [3.05, 3.63) is 23.8 Å². The molecule has 1 aromatic carbocycles. The lowest BCUT2D eigenvalue weighted by atomic mass is 10.0. The summed E-state index contributed by atoms with van der Waals surface area (Å²) >= 11 is 0. The van der Waals surface area contributed by atoms with E-state index in [-0.39, 0.29) is 5.92 Å². The van der Waals surface area contributed by atoms with E-state index in [9.17, 15) is 9.59 Å². The quantitative estimate of drug-likeness (QED) is 0.861. The number of hydrogen-bond donors (Lipinski definition) is 1. The first kappa shape index (κ1) is 14.4. The van der Waals surface area contributed by atoms with Crippen molar-refractivity contribution in [2.75, 3.05) is 13.7 Å². The maximum atomic E-state index is 11.5. The van der Waals surface area contributed by atoms with Gasteiger partial charge in [-0.2, -0.15) is 0 Å². The summed E-state index contributed by atoms with van der Waals surface area (Å²) in [7, 11) is 1.51. The third-order valence-electron chi connectivity index (χ3n) is 3.57. The highest BCUT2D eigenvalue weighted by atomic mass is 16.5. The SMILES string of the molecule is COc1cc(OCCC2CCCC2=O)cc(C(N)=O)c1. The molecule has 1 aromatic rings. The molecule has 0 spiro atoms. The molecule has 0 bridgehead atoms. The maximum Gasteiger partial charge on any atom is 0.248 e. The van der Waals surface area contributed by atoms with Gasteiger partial charge < -0.3 is 15.2 Å². The molecule has 0 aliphatic heterocycles. The summed E-state index contributed by atoms with van der Waals surface area (Å²) in [6.45, 7) is 0.446. The molecule has 1 amide bonds. The highest BCUT2D eigenvalue weighted by molar-refractivity contribution is 5.93. The van der Waals surface area contributed by atoms with Crippen LogP contribution >= 0.6 is 0 Å². The van der Waals surface area contributed by atoms with E-state index in [2.05, 4.69) is 0 Å². The van der Waals surface area contributed by atoms with Gasteiger partial charge in [-0.15, -0.1) is 0 Å². The Morgan fingerprint density at radius 2 is 2.10 bits per heavy atom. The van der Waals surface area contributed by atoms with Gasteiger partial charge in [-0.3, -0.25) is 9.59 Å². The van der Waals surface area contributed by atoms with E-state index in [0.29, 0.717) is 42.3 Å². The van der Waals surface area contributed by atoms with Crippen molar-refractivity contribution in [2.24, 2.45) is 11.7 Å². The first-order chi connectivity index (χ1) is 9.60. The number of nitrogens with two attached hydrogens (primary N) is 1. The van der Waals surface area contributed by atoms with E-state index in [1.165, 1.54) is 7.11 Å². The summed E-state index contributed by atoms with van der Waals surface area (Å²) < 4.78 is 10.7. The molecule has 2 rings (SSSR count).